The van der Waals surface area contributed by atoms with E-state index in [9.17, 15) is 0 Å². The van der Waals surface area contributed by atoms with Crippen molar-refractivity contribution in [2.75, 3.05) is 6.54 Å². The molecule has 1 nitrogen and oxygen atoms in total. The zero-order valence-electron chi connectivity index (χ0n) is 11.2. The van der Waals surface area contributed by atoms with Crippen LogP contribution in [0.2, 0.25) is 0 Å². The molecule has 2 fully saturated rings. The Morgan fingerprint density at radius 1 is 1.06 bits per heavy atom. The van der Waals surface area contributed by atoms with Crippen LogP contribution in [0.15, 0.2) is 0 Å². The van der Waals surface area contributed by atoms with E-state index in [-0.39, 0.29) is 0 Å². The van der Waals surface area contributed by atoms with Crippen LogP contribution in [0.5, 0.6) is 0 Å². The molecule has 1 unspecified atom stereocenters. The summed E-state index contributed by atoms with van der Waals surface area (Å²) in [5.74, 6) is 3.07. The summed E-state index contributed by atoms with van der Waals surface area (Å²) in [7, 11) is 0. The highest BCUT2D eigenvalue weighted by atomic mass is 14.9. The molecular formula is C15H29N. The number of hydrogen-bond acceptors (Lipinski definition) is 1. The molecule has 0 aliphatic heterocycles. The number of rotatable bonds is 6. The van der Waals surface area contributed by atoms with Crippen molar-refractivity contribution in [3.05, 3.63) is 0 Å². The van der Waals surface area contributed by atoms with Gasteiger partial charge in [-0.2, -0.15) is 0 Å². The zero-order valence-corrected chi connectivity index (χ0v) is 11.2. The molecule has 0 aromatic rings. The van der Waals surface area contributed by atoms with E-state index in [0.717, 1.165) is 30.3 Å². The van der Waals surface area contributed by atoms with Crippen molar-refractivity contribution < 1.29 is 0 Å². The van der Waals surface area contributed by atoms with E-state index in [1.54, 1.807) is 0 Å². The first-order valence-corrected chi connectivity index (χ1v) is 7.53. The molecule has 0 aromatic heterocycles. The third-order valence-electron chi connectivity index (χ3n) is 4.68. The van der Waals surface area contributed by atoms with E-state index >= 15 is 0 Å². The van der Waals surface area contributed by atoms with E-state index in [1.807, 2.05) is 0 Å². The van der Waals surface area contributed by atoms with Gasteiger partial charge in [0.15, 0.2) is 0 Å². The largest absolute Gasteiger partial charge is 0.314 e. The van der Waals surface area contributed by atoms with Crippen LogP contribution < -0.4 is 5.32 Å². The number of hydrogen-bond donors (Lipinski definition) is 1. The lowest BCUT2D eigenvalue weighted by Crippen LogP contribution is -2.38. The third-order valence-corrected chi connectivity index (χ3v) is 4.68. The first kappa shape index (κ1) is 12.4. The standard InChI is InChI=1S/C15H29N/c1-3-16-15(11-8-13-6-7-13)14-9-4-12(2)5-10-14/h12-16H,3-11H2,1-2H3. The minimum absolute atomic E-state index is 0.832. The maximum atomic E-state index is 3.75. The van der Waals surface area contributed by atoms with E-state index < -0.39 is 0 Å². The van der Waals surface area contributed by atoms with Crippen LogP contribution in [0.3, 0.4) is 0 Å². The van der Waals surface area contributed by atoms with Gasteiger partial charge in [-0.15, -0.1) is 0 Å². The van der Waals surface area contributed by atoms with Gasteiger partial charge in [0.05, 0.1) is 0 Å². The third kappa shape index (κ3) is 3.76. The summed E-state index contributed by atoms with van der Waals surface area (Å²) in [6.07, 6.45) is 11.8. The molecule has 0 bridgehead atoms. The van der Waals surface area contributed by atoms with Crippen molar-refractivity contribution in [3.8, 4) is 0 Å². The minimum atomic E-state index is 0.832. The summed E-state index contributed by atoms with van der Waals surface area (Å²) in [6, 6.07) is 0.832. The Kier molecular flexibility index (Phi) is 4.69. The number of nitrogens with one attached hydrogen (secondary N) is 1. The average molecular weight is 223 g/mol. The van der Waals surface area contributed by atoms with Crippen molar-refractivity contribution in [2.45, 2.75) is 71.3 Å². The van der Waals surface area contributed by atoms with Crippen LogP contribution in [0.1, 0.15) is 65.2 Å². The van der Waals surface area contributed by atoms with Gasteiger partial charge in [-0.05, 0) is 50.0 Å². The second-order valence-electron chi connectivity index (χ2n) is 6.20. The average Bonchev–Trinajstić information content (AvgIpc) is 3.09. The van der Waals surface area contributed by atoms with Gasteiger partial charge in [0.2, 0.25) is 0 Å². The predicted molar refractivity (Wildman–Crippen MR) is 70.5 cm³/mol. The summed E-state index contributed by atoms with van der Waals surface area (Å²) in [5, 5.41) is 3.75. The Balaban J connectivity index is 1.75. The SMILES string of the molecule is CCNC(CCC1CC1)C1CCC(C)CC1. The van der Waals surface area contributed by atoms with Gasteiger partial charge in [0, 0.05) is 6.04 Å². The fourth-order valence-electron chi connectivity index (χ4n) is 3.28. The van der Waals surface area contributed by atoms with Crippen molar-refractivity contribution in [1.29, 1.82) is 0 Å². The monoisotopic (exact) mass is 223 g/mol. The summed E-state index contributed by atoms with van der Waals surface area (Å²) in [6.45, 7) is 5.83. The second kappa shape index (κ2) is 6.05. The molecule has 1 atom stereocenters. The summed E-state index contributed by atoms with van der Waals surface area (Å²) in [5.41, 5.74) is 0. The summed E-state index contributed by atoms with van der Waals surface area (Å²) < 4.78 is 0. The molecule has 0 radical (unpaired) electrons. The van der Waals surface area contributed by atoms with Gasteiger partial charge in [-0.3, -0.25) is 0 Å². The molecule has 1 N–H and O–H groups in total. The molecule has 2 aliphatic rings. The Morgan fingerprint density at radius 3 is 2.31 bits per heavy atom. The first-order valence-electron chi connectivity index (χ1n) is 7.53. The summed E-state index contributed by atoms with van der Waals surface area (Å²) in [4.78, 5) is 0. The molecule has 16 heavy (non-hydrogen) atoms. The van der Waals surface area contributed by atoms with Crippen LogP contribution in [-0.4, -0.2) is 12.6 Å². The topological polar surface area (TPSA) is 12.0 Å². The quantitative estimate of drug-likeness (QED) is 0.718. The highest BCUT2D eigenvalue weighted by Gasteiger charge is 2.28. The highest BCUT2D eigenvalue weighted by molar-refractivity contribution is 4.83. The molecule has 0 aromatic carbocycles. The Hall–Kier alpha value is -0.0400. The smallest absolute Gasteiger partial charge is 0.00953 e. The lowest BCUT2D eigenvalue weighted by molar-refractivity contribution is 0.220. The lowest BCUT2D eigenvalue weighted by Gasteiger charge is -2.33. The molecule has 94 valence electrons. The van der Waals surface area contributed by atoms with Gasteiger partial charge < -0.3 is 5.32 Å². The van der Waals surface area contributed by atoms with Crippen LogP contribution in [0, 0.1) is 17.8 Å². The molecule has 0 amide bonds. The molecule has 1 heteroatoms. The fourth-order valence-corrected chi connectivity index (χ4v) is 3.28. The van der Waals surface area contributed by atoms with Crippen molar-refractivity contribution in [1.82, 2.24) is 5.32 Å². The zero-order chi connectivity index (χ0) is 11.4. The Labute approximate surface area is 101 Å². The Morgan fingerprint density at radius 2 is 1.75 bits per heavy atom. The highest BCUT2D eigenvalue weighted by Crippen LogP contribution is 2.37. The van der Waals surface area contributed by atoms with Gasteiger partial charge >= 0.3 is 0 Å². The van der Waals surface area contributed by atoms with E-state index in [1.165, 1.54) is 51.4 Å². The summed E-state index contributed by atoms with van der Waals surface area (Å²) >= 11 is 0. The van der Waals surface area contributed by atoms with Crippen LogP contribution in [0.4, 0.5) is 0 Å². The normalized spacial score (nSPS) is 32.6. The fraction of sp³-hybridized carbons (Fsp3) is 1.00. The predicted octanol–water partition coefficient (Wildman–Crippen LogP) is 3.98. The molecule has 2 saturated carbocycles. The van der Waals surface area contributed by atoms with Gasteiger partial charge in [0.25, 0.3) is 0 Å². The lowest BCUT2D eigenvalue weighted by atomic mass is 9.78. The van der Waals surface area contributed by atoms with Gasteiger partial charge in [-0.1, -0.05) is 39.5 Å². The van der Waals surface area contributed by atoms with Crippen LogP contribution in [-0.2, 0) is 0 Å². The first-order chi connectivity index (χ1) is 7.79. The maximum Gasteiger partial charge on any atom is 0.00953 e. The van der Waals surface area contributed by atoms with E-state index in [2.05, 4.69) is 19.2 Å². The molecular weight excluding hydrogens is 194 g/mol. The van der Waals surface area contributed by atoms with Crippen molar-refractivity contribution in [2.24, 2.45) is 17.8 Å². The van der Waals surface area contributed by atoms with Crippen molar-refractivity contribution in [3.63, 3.8) is 0 Å². The minimum Gasteiger partial charge on any atom is -0.314 e. The Bertz CT molecular complexity index is 190. The molecule has 0 spiro atoms. The maximum absolute atomic E-state index is 3.75. The van der Waals surface area contributed by atoms with Gasteiger partial charge in [0.1, 0.15) is 0 Å². The molecule has 2 aliphatic carbocycles. The molecule has 2 rings (SSSR count). The molecule has 0 saturated heterocycles. The van der Waals surface area contributed by atoms with Crippen molar-refractivity contribution >= 4 is 0 Å². The second-order valence-corrected chi connectivity index (χ2v) is 6.20. The van der Waals surface area contributed by atoms with Crippen LogP contribution in [0.25, 0.3) is 0 Å². The van der Waals surface area contributed by atoms with Crippen LogP contribution >= 0.6 is 0 Å². The van der Waals surface area contributed by atoms with Gasteiger partial charge in [-0.25, -0.2) is 0 Å². The van der Waals surface area contributed by atoms with E-state index in [0.29, 0.717) is 0 Å². The van der Waals surface area contributed by atoms with E-state index in [4.69, 9.17) is 0 Å². The molecule has 0 heterocycles.